The van der Waals surface area contributed by atoms with Crippen LogP contribution in [0.5, 0.6) is 0 Å². The number of fused-ring (bicyclic) bond motifs is 6. The lowest BCUT2D eigenvalue weighted by Gasteiger charge is -2.55. The fourth-order valence-electron chi connectivity index (χ4n) is 11.0. The molecule has 308 valence electrons. The maximum absolute atomic E-state index is 2.59. The third kappa shape index (κ3) is 8.98. The van der Waals surface area contributed by atoms with E-state index in [1.54, 1.807) is 0 Å². The molecule has 0 spiro atoms. The Hall–Kier alpha value is -5.12. The van der Waals surface area contributed by atoms with E-state index < -0.39 is 0 Å². The van der Waals surface area contributed by atoms with Crippen LogP contribution in [-0.2, 0) is 39.3 Å². The summed E-state index contributed by atoms with van der Waals surface area (Å²) in [5.41, 5.74) is 8.42. The van der Waals surface area contributed by atoms with Crippen molar-refractivity contribution in [3.05, 3.63) is 192 Å². The third-order valence-electron chi connectivity index (χ3n) is 15.2. The Balaban J connectivity index is 0.649. The van der Waals surface area contributed by atoms with Gasteiger partial charge in [-0.2, -0.15) is 0 Å². The highest BCUT2D eigenvalue weighted by Gasteiger charge is 2.50. The predicted molar refractivity (Wildman–Crippen MR) is 237 cm³/mol. The molecule has 2 aromatic heterocycles. The molecule has 6 fully saturated rings. The van der Waals surface area contributed by atoms with E-state index in [0.29, 0.717) is 0 Å². The van der Waals surface area contributed by atoms with Gasteiger partial charge < -0.3 is 17.9 Å². The van der Waals surface area contributed by atoms with Crippen LogP contribution in [0.4, 0.5) is 0 Å². The SMILES string of the molecule is C(=C\C[N+]12CC[N+](Cc3ccc(Cn4cc[n+](Cc5ccccc5)c4)cc3)(CC1)CC2)/C[N+]12CC[N+](Cc3ccc(Cn4cc[n+](Cc5ccccc5)c4)cc3)(CC1)CC2. The summed E-state index contributed by atoms with van der Waals surface area (Å²) in [7, 11) is 0. The summed E-state index contributed by atoms with van der Waals surface area (Å²) in [6.45, 7) is 24.4. The lowest BCUT2D eigenvalue weighted by atomic mass is 10.0. The van der Waals surface area contributed by atoms with Crippen molar-refractivity contribution in [1.29, 1.82) is 0 Å². The van der Waals surface area contributed by atoms with Crippen LogP contribution in [0.2, 0.25) is 0 Å². The van der Waals surface area contributed by atoms with Gasteiger partial charge in [-0.05, 0) is 34.4 Å². The van der Waals surface area contributed by atoms with Crippen molar-refractivity contribution in [2.45, 2.75) is 39.3 Å². The molecule has 0 atom stereocenters. The van der Waals surface area contributed by atoms with Crippen molar-refractivity contribution >= 4 is 0 Å². The van der Waals surface area contributed by atoms with E-state index in [4.69, 9.17) is 0 Å². The summed E-state index contributed by atoms with van der Waals surface area (Å²) in [4.78, 5) is 0. The first-order chi connectivity index (χ1) is 29.4. The Kier molecular flexibility index (Phi) is 10.9. The van der Waals surface area contributed by atoms with Crippen LogP contribution < -0.4 is 9.13 Å². The molecule has 4 bridgehead atoms. The van der Waals surface area contributed by atoms with Crippen LogP contribution >= 0.6 is 0 Å². The smallest absolute Gasteiger partial charge is 0.244 e. The molecular formula is C52H66N8+6. The number of aromatic nitrogens is 4. The number of benzene rings is 4. The van der Waals surface area contributed by atoms with Crippen molar-refractivity contribution in [3.8, 4) is 0 Å². The number of rotatable bonds is 16. The zero-order valence-electron chi connectivity index (χ0n) is 35.7. The molecule has 8 heteroatoms. The zero-order valence-corrected chi connectivity index (χ0v) is 35.7. The van der Waals surface area contributed by atoms with Gasteiger partial charge in [0.1, 0.15) is 143 Å². The van der Waals surface area contributed by atoms with E-state index in [1.165, 1.54) is 156 Å². The second kappa shape index (κ2) is 16.7. The second-order valence-electron chi connectivity index (χ2n) is 19.3. The highest BCUT2D eigenvalue weighted by molar-refractivity contribution is 5.23. The van der Waals surface area contributed by atoms with Gasteiger partial charge in [-0.1, -0.05) is 109 Å². The van der Waals surface area contributed by atoms with Gasteiger partial charge in [0.2, 0.25) is 12.7 Å². The fraction of sp³-hybridized carbons (Fsp3) is 0.385. The van der Waals surface area contributed by atoms with Gasteiger partial charge in [-0.3, -0.25) is 0 Å². The molecule has 8 heterocycles. The van der Waals surface area contributed by atoms with E-state index in [-0.39, 0.29) is 0 Å². The molecular weight excluding hydrogens is 737 g/mol. The number of hydrogen-bond acceptors (Lipinski definition) is 0. The molecule has 0 radical (unpaired) electrons. The summed E-state index contributed by atoms with van der Waals surface area (Å²) in [6.07, 6.45) is 18.4. The van der Waals surface area contributed by atoms with Crippen molar-refractivity contribution in [2.75, 3.05) is 91.6 Å². The summed E-state index contributed by atoms with van der Waals surface area (Å²) >= 11 is 0. The van der Waals surface area contributed by atoms with Gasteiger partial charge in [0.15, 0.2) is 0 Å². The Labute approximate surface area is 358 Å². The summed E-state index contributed by atoms with van der Waals surface area (Å²) in [6, 6.07) is 40.4. The molecule has 6 aliphatic heterocycles. The maximum Gasteiger partial charge on any atom is 0.244 e. The molecule has 0 amide bonds. The van der Waals surface area contributed by atoms with Crippen molar-refractivity contribution in [3.63, 3.8) is 0 Å². The average molecular weight is 803 g/mol. The quantitative estimate of drug-likeness (QED) is 0.0687. The second-order valence-corrected chi connectivity index (χ2v) is 19.3. The molecule has 0 unspecified atom stereocenters. The van der Waals surface area contributed by atoms with E-state index in [2.05, 4.69) is 177 Å². The Morgan fingerprint density at radius 2 is 0.717 bits per heavy atom. The van der Waals surface area contributed by atoms with Gasteiger partial charge in [0, 0.05) is 11.1 Å². The van der Waals surface area contributed by atoms with Crippen LogP contribution in [0.15, 0.2) is 159 Å². The van der Waals surface area contributed by atoms with Crippen molar-refractivity contribution in [1.82, 2.24) is 9.13 Å². The monoisotopic (exact) mass is 803 g/mol. The first kappa shape index (κ1) is 39.0. The molecule has 4 aromatic carbocycles. The first-order valence-electron chi connectivity index (χ1n) is 22.8. The topological polar surface area (TPSA) is 17.6 Å². The zero-order chi connectivity index (χ0) is 40.3. The molecule has 0 N–H and O–H groups in total. The Morgan fingerprint density at radius 3 is 1.08 bits per heavy atom. The highest BCUT2D eigenvalue weighted by atomic mass is 15.5. The van der Waals surface area contributed by atoms with Crippen molar-refractivity contribution < 1.29 is 27.1 Å². The number of hydrogen-bond donors (Lipinski definition) is 0. The molecule has 8 nitrogen and oxygen atoms in total. The molecule has 0 saturated carbocycles. The van der Waals surface area contributed by atoms with E-state index >= 15 is 0 Å². The Bertz CT molecular complexity index is 2140. The first-order valence-corrected chi connectivity index (χ1v) is 22.8. The largest absolute Gasteiger partial charge is 0.306 e. The van der Waals surface area contributed by atoms with Crippen LogP contribution in [-0.4, -0.2) is 119 Å². The summed E-state index contributed by atoms with van der Waals surface area (Å²) < 4.78 is 14.3. The van der Waals surface area contributed by atoms with Crippen LogP contribution in [0.25, 0.3) is 0 Å². The van der Waals surface area contributed by atoms with E-state index in [1.807, 2.05) is 0 Å². The minimum absolute atomic E-state index is 0.911. The van der Waals surface area contributed by atoms with Gasteiger partial charge in [0.25, 0.3) is 0 Å². The average Bonchev–Trinajstić information content (AvgIpc) is 3.94. The fourth-order valence-corrected chi connectivity index (χ4v) is 11.0. The van der Waals surface area contributed by atoms with Crippen LogP contribution in [0.3, 0.4) is 0 Å². The van der Waals surface area contributed by atoms with E-state index in [9.17, 15) is 0 Å². The number of imidazole rings is 2. The van der Waals surface area contributed by atoms with Crippen LogP contribution in [0.1, 0.15) is 33.4 Å². The number of nitrogens with zero attached hydrogens (tertiary/aromatic N) is 8. The molecule has 60 heavy (non-hydrogen) atoms. The van der Waals surface area contributed by atoms with Gasteiger partial charge in [-0.25, -0.2) is 18.3 Å². The number of piperazine rings is 6. The van der Waals surface area contributed by atoms with Crippen LogP contribution in [0, 0.1) is 0 Å². The number of quaternary nitrogens is 4. The summed E-state index contributed by atoms with van der Waals surface area (Å²) in [5.74, 6) is 0. The maximum atomic E-state index is 2.59. The predicted octanol–water partition coefficient (Wildman–Crippen LogP) is 5.64. The van der Waals surface area contributed by atoms with Gasteiger partial charge in [0.05, 0.1) is 13.1 Å². The minimum Gasteiger partial charge on any atom is -0.306 e. The lowest BCUT2D eigenvalue weighted by molar-refractivity contribution is -1.08. The molecule has 0 aliphatic carbocycles. The Morgan fingerprint density at radius 1 is 0.383 bits per heavy atom. The third-order valence-corrected chi connectivity index (χ3v) is 15.2. The molecule has 12 rings (SSSR count). The van der Waals surface area contributed by atoms with Gasteiger partial charge in [-0.15, -0.1) is 0 Å². The lowest BCUT2D eigenvalue weighted by Crippen LogP contribution is -2.74. The highest BCUT2D eigenvalue weighted by Crippen LogP contribution is 2.31. The molecule has 6 aliphatic rings. The standard InChI is InChI=1S/C52H66N8/c1-3-9-47(10-4-1)39-53-21-23-55(45-53)41-49-13-17-51(18-14-49)43-59-33-27-57(28-34-59,29-35-59)25-7-8-26-58-30-36-60(37-31-58,38-32-58)44-52-19-15-50(16-20-52)42-56-24-22-54(46-56)40-48-11-5-2-6-12-48/h1-24,45-46H,25-44H2/q+6/b8-7+. The minimum atomic E-state index is 0.911. The molecule has 6 saturated heterocycles. The van der Waals surface area contributed by atoms with E-state index in [0.717, 1.165) is 26.2 Å². The van der Waals surface area contributed by atoms with Gasteiger partial charge >= 0.3 is 0 Å². The molecule has 6 aromatic rings. The summed E-state index contributed by atoms with van der Waals surface area (Å²) in [5, 5.41) is 0. The van der Waals surface area contributed by atoms with Crippen molar-refractivity contribution in [2.24, 2.45) is 0 Å². The normalized spacial score (nSPS) is 25.9.